The van der Waals surface area contributed by atoms with Crippen molar-refractivity contribution in [3.63, 3.8) is 0 Å². The average molecular weight is 351 g/mol. The molecule has 0 spiro atoms. The number of carbonyl (C=O) groups excluding carboxylic acids is 1. The van der Waals surface area contributed by atoms with Crippen molar-refractivity contribution in [1.29, 1.82) is 0 Å². The molecule has 1 aliphatic carbocycles. The summed E-state index contributed by atoms with van der Waals surface area (Å²) in [6.07, 6.45) is 3.17. The number of amides is 1. The highest BCUT2D eigenvalue weighted by molar-refractivity contribution is 6.05. The molecule has 1 saturated carbocycles. The van der Waals surface area contributed by atoms with Gasteiger partial charge in [0.15, 0.2) is 11.6 Å². The Bertz CT molecular complexity index is 748. The zero-order valence-electron chi connectivity index (χ0n) is 13.3. The first-order valence-corrected chi connectivity index (χ1v) is 7.66. The summed E-state index contributed by atoms with van der Waals surface area (Å²) in [6.45, 7) is 1.82. The van der Waals surface area contributed by atoms with Crippen LogP contribution in [0.15, 0.2) is 36.4 Å². The summed E-state index contributed by atoms with van der Waals surface area (Å²) in [7, 11) is 0. The van der Waals surface area contributed by atoms with Crippen LogP contribution < -0.4 is 15.8 Å². The molecule has 1 amide bonds. The Morgan fingerprint density at radius 2 is 2.00 bits per heavy atom. The van der Waals surface area contributed by atoms with Crippen LogP contribution in [0.25, 0.3) is 0 Å². The fourth-order valence-corrected chi connectivity index (χ4v) is 2.43. The Balaban J connectivity index is 0.00000208. The lowest BCUT2D eigenvalue weighted by Crippen LogP contribution is -2.25. The number of hydrogen-bond donors (Lipinski definition) is 2. The van der Waals surface area contributed by atoms with Gasteiger partial charge in [0.1, 0.15) is 0 Å². The number of rotatable bonds is 4. The van der Waals surface area contributed by atoms with Crippen LogP contribution in [0.3, 0.4) is 0 Å². The van der Waals surface area contributed by atoms with E-state index in [0.29, 0.717) is 16.9 Å². The summed E-state index contributed by atoms with van der Waals surface area (Å²) in [5.41, 5.74) is 7.89. The van der Waals surface area contributed by atoms with Crippen LogP contribution in [-0.2, 0) is 0 Å². The predicted octanol–water partition coefficient (Wildman–Crippen LogP) is 4.32. The van der Waals surface area contributed by atoms with Gasteiger partial charge >= 0.3 is 0 Å². The molecule has 4 nitrogen and oxygen atoms in total. The zero-order valence-corrected chi connectivity index (χ0v) is 14.2. The van der Waals surface area contributed by atoms with Crippen molar-refractivity contribution in [3.8, 4) is 5.75 Å². The first-order valence-electron chi connectivity index (χ1n) is 7.66. The van der Waals surface area contributed by atoms with Crippen LogP contribution >= 0.6 is 12.4 Å². The predicted molar refractivity (Wildman–Crippen MR) is 95.5 cm³/mol. The lowest BCUT2D eigenvalue weighted by molar-refractivity contribution is 0.102. The Morgan fingerprint density at radius 3 is 2.62 bits per heavy atom. The van der Waals surface area contributed by atoms with Crippen LogP contribution in [0.1, 0.15) is 35.2 Å². The van der Waals surface area contributed by atoms with Crippen molar-refractivity contribution in [2.45, 2.75) is 32.3 Å². The minimum absolute atomic E-state index is 0. The number of anilines is 2. The number of nitrogens with two attached hydrogens (primary N) is 1. The number of carbonyl (C=O) groups is 1. The Kier molecular flexibility index (Phi) is 5.67. The van der Waals surface area contributed by atoms with E-state index in [1.165, 1.54) is 6.07 Å². The van der Waals surface area contributed by atoms with Crippen LogP contribution in [-0.4, -0.2) is 12.0 Å². The molecular formula is C18H20ClFN2O2. The molecule has 1 fully saturated rings. The van der Waals surface area contributed by atoms with Crippen molar-refractivity contribution < 1.29 is 13.9 Å². The third-order valence-corrected chi connectivity index (χ3v) is 4.04. The van der Waals surface area contributed by atoms with E-state index in [9.17, 15) is 9.18 Å². The van der Waals surface area contributed by atoms with Crippen molar-refractivity contribution in [2.75, 3.05) is 11.1 Å². The van der Waals surface area contributed by atoms with Crippen molar-refractivity contribution in [1.82, 2.24) is 0 Å². The number of nitrogen functional groups attached to an aromatic ring is 1. The molecule has 3 rings (SSSR count). The van der Waals surface area contributed by atoms with Gasteiger partial charge in [0, 0.05) is 23.0 Å². The van der Waals surface area contributed by atoms with Gasteiger partial charge in [-0.05, 0) is 56.0 Å². The number of benzene rings is 2. The largest absolute Gasteiger partial charge is 0.487 e. The lowest BCUT2D eigenvalue weighted by atomic mass is 9.96. The van der Waals surface area contributed by atoms with E-state index < -0.39 is 5.82 Å². The molecule has 128 valence electrons. The summed E-state index contributed by atoms with van der Waals surface area (Å²) >= 11 is 0. The second-order valence-electron chi connectivity index (χ2n) is 5.84. The van der Waals surface area contributed by atoms with E-state index >= 15 is 0 Å². The molecule has 2 aromatic carbocycles. The molecule has 0 heterocycles. The van der Waals surface area contributed by atoms with Crippen molar-refractivity contribution >= 4 is 29.7 Å². The van der Waals surface area contributed by atoms with Crippen LogP contribution in [0.2, 0.25) is 0 Å². The molecule has 0 unspecified atom stereocenters. The highest BCUT2D eigenvalue weighted by Crippen LogP contribution is 2.28. The summed E-state index contributed by atoms with van der Waals surface area (Å²) < 4.78 is 19.6. The van der Waals surface area contributed by atoms with Gasteiger partial charge in [-0.3, -0.25) is 4.79 Å². The van der Waals surface area contributed by atoms with E-state index in [-0.39, 0.29) is 30.2 Å². The summed E-state index contributed by atoms with van der Waals surface area (Å²) in [4.78, 5) is 12.3. The van der Waals surface area contributed by atoms with E-state index in [1.54, 1.807) is 30.3 Å². The van der Waals surface area contributed by atoms with E-state index in [1.807, 2.05) is 6.92 Å². The fraction of sp³-hybridized carbons (Fsp3) is 0.278. The molecule has 6 heteroatoms. The molecule has 1 aliphatic rings. The minimum Gasteiger partial charge on any atom is -0.487 e. The molecule has 3 N–H and O–H groups in total. The molecule has 0 radical (unpaired) electrons. The number of nitrogens with one attached hydrogen (secondary N) is 1. The number of aryl methyl sites for hydroxylation is 1. The normalized spacial score (nSPS) is 13.6. The average Bonchev–Trinajstić information content (AvgIpc) is 2.47. The minimum atomic E-state index is -0.473. The van der Waals surface area contributed by atoms with Gasteiger partial charge in [0.25, 0.3) is 5.91 Å². The third kappa shape index (κ3) is 3.97. The topological polar surface area (TPSA) is 64.4 Å². The third-order valence-electron chi connectivity index (χ3n) is 4.04. The standard InChI is InChI=1S/C18H19FN2O2.ClH/c1-11-5-6-12(20)9-15(11)18(22)21-13-7-8-17(16(19)10-13)23-14-3-2-4-14;/h5-10,14H,2-4,20H2,1H3,(H,21,22);1H. The van der Waals surface area contributed by atoms with Crippen molar-refractivity contribution in [2.24, 2.45) is 0 Å². The SMILES string of the molecule is Cc1ccc(N)cc1C(=O)Nc1ccc(OC2CCC2)c(F)c1.Cl. The molecule has 0 saturated heterocycles. The number of hydrogen-bond acceptors (Lipinski definition) is 3. The fourth-order valence-electron chi connectivity index (χ4n) is 2.43. The smallest absolute Gasteiger partial charge is 0.256 e. The number of halogens is 2. The van der Waals surface area contributed by atoms with Gasteiger partial charge in [0.05, 0.1) is 6.10 Å². The quantitative estimate of drug-likeness (QED) is 0.807. The molecule has 2 aromatic rings. The second-order valence-corrected chi connectivity index (χ2v) is 5.84. The van der Waals surface area contributed by atoms with Crippen LogP contribution in [0, 0.1) is 12.7 Å². The zero-order chi connectivity index (χ0) is 16.4. The van der Waals surface area contributed by atoms with Gasteiger partial charge in [-0.2, -0.15) is 0 Å². The molecule has 0 aliphatic heterocycles. The van der Waals surface area contributed by atoms with Crippen LogP contribution in [0.4, 0.5) is 15.8 Å². The Labute approximate surface area is 146 Å². The van der Waals surface area contributed by atoms with Gasteiger partial charge in [-0.25, -0.2) is 4.39 Å². The summed E-state index contributed by atoms with van der Waals surface area (Å²) in [5, 5.41) is 2.69. The van der Waals surface area contributed by atoms with E-state index in [4.69, 9.17) is 10.5 Å². The summed E-state index contributed by atoms with van der Waals surface area (Å²) in [5.74, 6) is -0.561. The van der Waals surface area contributed by atoms with Gasteiger partial charge in [0.2, 0.25) is 0 Å². The Morgan fingerprint density at radius 1 is 1.25 bits per heavy atom. The second kappa shape index (κ2) is 7.53. The van der Waals surface area contributed by atoms with Gasteiger partial charge in [-0.15, -0.1) is 12.4 Å². The monoisotopic (exact) mass is 350 g/mol. The molecule has 0 bridgehead atoms. The van der Waals surface area contributed by atoms with Crippen LogP contribution in [0.5, 0.6) is 5.75 Å². The maximum Gasteiger partial charge on any atom is 0.256 e. The Hall–Kier alpha value is -2.27. The molecule has 0 atom stereocenters. The first kappa shape index (κ1) is 18.1. The maximum absolute atomic E-state index is 14.1. The highest BCUT2D eigenvalue weighted by atomic mass is 35.5. The summed E-state index contributed by atoms with van der Waals surface area (Å²) in [6, 6.07) is 9.58. The van der Waals surface area contributed by atoms with Gasteiger partial charge < -0.3 is 15.8 Å². The maximum atomic E-state index is 14.1. The molecule has 24 heavy (non-hydrogen) atoms. The molecule has 0 aromatic heterocycles. The van der Waals surface area contributed by atoms with Crippen molar-refractivity contribution in [3.05, 3.63) is 53.3 Å². The lowest BCUT2D eigenvalue weighted by Gasteiger charge is -2.26. The highest BCUT2D eigenvalue weighted by Gasteiger charge is 2.20. The first-order chi connectivity index (χ1) is 11.0. The number of ether oxygens (including phenoxy) is 1. The van der Waals surface area contributed by atoms with Gasteiger partial charge in [-0.1, -0.05) is 6.07 Å². The van der Waals surface area contributed by atoms with E-state index in [2.05, 4.69) is 5.32 Å². The van der Waals surface area contributed by atoms with E-state index in [0.717, 1.165) is 24.8 Å². The molecular weight excluding hydrogens is 331 g/mol.